The molecular formula is C29H33FN2O2S. The Morgan fingerprint density at radius 2 is 1.63 bits per heavy atom. The summed E-state index contributed by atoms with van der Waals surface area (Å²) in [6, 6.07) is 15.7. The lowest BCUT2D eigenvalue weighted by Gasteiger charge is -2.27. The summed E-state index contributed by atoms with van der Waals surface area (Å²) in [5.74, 6) is -0.711. The van der Waals surface area contributed by atoms with Crippen LogP contribution in [-0.4, -0.2) is 34.7 Å². The van der Waals surface area contributed by atoms with Gasteiger partial charge in [0.2, 0.25) is 5.91 Å². The van der Waals surface area contributed by atoms with Gasteiger partial charge in [-0.1, -0.05) is 51.1 Å². The molecule has 0 radical (unpaired) electrons. The van der Waals surface area contributed by atoms with E-state index < -0.39 is 0 Å². The highest BCUT2D eigenvalue weighted by Crippen LogP contribution is 2.23. The summed E-state index contributed by atoms with van der Waals surface area (Å²) >= 11 is 1.59. The van der Waals surface area contributed by atoms with Gasteiger partial charge in [0.05, 0.1) is 6.54 Å². The van der Waals surface area contributed by atoms with Crippen molar-refractivity contribution in [2.24, 2.45) is 0 Å². The van der Waals surface area contributed by atoms with Gasteiger partial charge >= 0.3 is 0 Å². The van der Waals surface area contributed by atoms with Gasteiger partial charge in [-0.05, 0) is 64.7 Å². The number of rotatable bonds is 9. The summed E-state index contributed by atoms with van der Waals surface area (Å²) < 4.78 is 13.4. The minimum atomic E-state index is -0.319. The van der Waals surface area contributed by atoms with E-state index in [9.17, 15) is 14.0 Å². The molecule has 0 aliphatic heterocycles. The van der Waals surface area contributed by atoms with Crippen molar-refractivity contribution >= 4 is 23.2 Å². The van der Waals surface area contributed by atoms with E-state index in [-0.39, 0.29) is 36.1 Å². The molecule has 4 nitrogen and oxygen atoms in total. The van der Waals surface area contributed by atoms with Crippen LogP contribution in [0.1, 0.15) is 52.7 Å². The number of hydrogen-bond acceptors (Lipinski definition) is 3. The first-order valence-electron chi connectivity index (χ1n) is 11.6. The highest BCUT2D eigenvalue weighted by molar-refractivity contribution is 7.10. The summed E-state index contributed by atoms with van der Waals surface area (Å²) in [5.41, 5.74) is 3.60. The van der Waals surface area contributed by atoms with Crippen molar-refractivity contribution in [2.45, 2.75) is 46.2 Å². The molecule has 6 heteroatoms. The molecule has 0 unspecified atom stereocenters. The first-order chi connectivity index (χ1) is 16.6. The van der Waals surface area contributed by atoms with E-state index in [4.69, 9.17) is 0 Å². The number of hydrogen-bond donors (Lipinski definition) is 0. The van der Waals surface area contributed by atoms with Gasteiger partial charge in [-0.15, -0.1) is 17.9 Å². The van der Waals surface area contributed by atoms with E-state index in [1.807, 2.05) is 42.6 Å². The number of benzene rings is 2. The molecule has 3 aromatic rings. The third kappa shape index (κ3) is 7.12. The Morgan fingerprint density at radius 1 is 0.971 bits per heavy atom. The molecule has 1 aromatic heterocycles. The van der Waals surface area contributed by atoms with Gasteiger partial charge in [-0.25, -0.2) is 4.39 Å². The van der Waals surface area contributed by atoms with E-state index in [0.717, 1.165) is 21.6 Å². The fraction of sp³-hybridized carbons (Fsp3) is 0.310. The Labute approximate surface area is 211 Å². The van der Waals surface area contributed by atoms with Crippen molar-refractivity contribution in [2.75, 3.05) is 13.1 Å². The Hall–Kier alpha value is -3.25. The summed E-state index contributed by atoms with van der Waals surface area (Å²) in [6.07, 6.45) is 1.63. The van der Waals surface area contributed by atoms with Crippen molar-refractivity contribution in [1.82, 2.24) is 9.80 Å². The number of aryl methyl sites for hydroxylation is 1. The number of nitrogens with zero attached hydrogens (tertiary/aromatic N) is 2. The van der Waals surface area contributed by atoms with Crippen molar-refractivity contribution in [1.29, 1.82) is 0 Å². The van der Waals surface area contributed by atoms with E-state index >= 15 is 0 Å². The molecule has 35 heavy (non-hydrogen) atoms. The zero-order valence-corrected chi connectivity index (χ0v) is 21.7. The third-order valence-electron chi connectivity index (χ3n) is 5.90. The van der Waals surface area contributed by atoms with Crippen LogP contribution in [0.3, 0.4) is 0 Å². The summed E-state index contributed by atoms with van der Waals surface area (Å²) in [6.45, 7) is 13.1. The molecule has 2 aromatic carbocycles. The summed E-state index contributed by atoms with van der Waals surface area (Å²) in [7, 11) is 0. The smallest absolute Gasteiger partial charge is 0.254 e. The first kappa shape index (κ1) is 26.4. The topological polar surface area (TPSA) is 40.6 Å². The predicted octanol–water partition coefficient (Wildman–Crippen LogP) is 6.35. The van der Waals surface area contributed by atoms with Gasteiger partial charge in [0.25, 0.3) is 5.91 Å². The highest BCUT2D eigenvalue weighted by Gasteiger charge is 2.23. The maximum Gasteiger partial charge on any atom is 0.254 e. The van der Waals surface area contributed by atoms with Crippen molar-refractivity contribution in [3.8, 4) is 0 Å². The molecular weight excluding hydrogens is 459 g/mol. The molecule has 0 atom stereocenters. The number of carbonyl (C=O) groups excluding carboxylic acids is 2. The Bertz CT molecular complexity index is 1160. The van der Waals surface area contributed by atoms with Crippen molar-refractivity contribution in [3.63, 3.8) is 0 Å². The molecule has 1 heterocycles. The lowest BCUT2D eigenvalue weighted by atomic mass is 9.86. The molecule has 0 saturated carbocycles. The molecule has 2 amide bonds. The van der Waals surface area contributed by atoms with Crippen LogP contribution in [0.2, 0.25) is 0 Å². The van der Waals surface area contributed by atoms with Crippen LogP contribution in [0, 0.1) is 12.7 Å². The molecule has 0 saturated heterocycles. The lowest BCUT2D eigenvalue weighted by Crippen LogP contribution is -2.42. The molecule has 0 aliphatic carbocycles. The number of carbonyl (C=O) groups is 2. The van der Waals surface area contributed by atoms with E-state index in [1.54, 1.807) is 34.4 Å². The maximum absolute atomic E-state index is 13.5. The standard InChI is InChI=1S/C29H33FN2O2S/c1-6-16-31(28(34)23-9-11-24(12-10-23)29(3,4)5)20-27(33)32(19-26-21(2)15-17-35-26)18-22-7-13-25(30)14-8-22/h6-15,17H,1,16,18-20H2,2-5H3. The van der Waals surface area contributed by atoms with Gasteiger partial charge in [0.1, 0.15) is 12.4 Å². The molecule has 0 N–H and O–H groups in total. The molecule has 3 rings (SSSR count). The zero-order chi connectivity index (χ0) is 25.6. The summed E-state index contributed by atoms with van der Waals surface area (Å²) in [5, 5.41) is 2.00. The Morgan fingerprint density at radius 3 is 2.17 bits per heavy atom. The second-order valence-electron chi connectivity index (χ2n) is 9.70. The minimum Gasteiger partial charge on any atom is -0.332 e. The number of amides is 2. The van der Waals surface area contributed by atoms with Gasteiger partial charge in [-0.3, -0.25) is 9.59 Å². The predicted molar refractivity (Wildman–Crippen MR) is 141 cm³/mol. The molecule has 0 spiro atoms. The van der Waals surface area contributed by atoms with Crippen molar-refractivity contribution < 1.29 is 14.0 Å². The lowest BCUT2D eigenvalue weighted by molar-refractivity contribution is -0.133. The second kappa shape index (κ2) is 11.5. The minimum absolute atomic E-state index is 0.0148. The fourth-order valence-electron chi connectivity index (χ4n) is 3.72. The molecule has 0 bridgehead atoms. The average molecular weight is 493 g/mol. The normalized spacial score (nSPS) is 11.2. The highest BCUT2D eigenvalue weighted by atomic mass is 32.1. The van der Waals surface area contributed by atoms with Crippen LogP contribution in [0.25, 0.3) is 0 Å². The number of halogens is 1. The Kier molecular flexibility index (Phi) is 8.62. The van der Waals surface area contributed by atoms with Gasteiger partial charge < -0.3 is 9.80 Å². The number of thiophene rings is 1. The zero-order valence-electron chi connectivity index (χ0n) is 20.9. The van der Waals surface area contributed by atoms with E-state index in [1.165, 1.54) is 17.0 Å². The second-order valence-corrected chi connectivity index (χ2v) is 10.7. The van der Waals surface area contributed by atoms with Gasteiger partial charge in [-0.2, -0.15) is 0 Å². The van der Waals surface area contributed by atoms with Crippen molar-refractivity contribution in [3.05, 3.63) is 106 Å². The van der Waals surface area contributed by atoms with Crippen LogP contribution in [0.5, 0.6) is 0 Å². The van der Waals surface area contributed by atoms with Crippen LogP contribution in [0.15, 0.2) is 72.6 Å². The van der Waals surface area contributed by atoms with Gasteiger partial charge in [0.15, 0.2) is 0 Å². The van der Waals surface area contributed by atoms with Crippen LogP contribution >= 0.6 is 11.3 Å². The van der Waals surface area contributed by atoms with Crippen LogP contribution < -0.4 is 0 Å². The molecule has 0 aliphatic rings. The van der Waals surface area contributed by atoms with Crippen LogP contribution in [0.4, 0.5) is 4.39 Å². The first-order valence-corrected chi connectivity index (χ1v) is 12.5. The van der Waals surface area contributed by atoms with E-state index in [2.05, 4.69) is 27.4 Å². The monoisotopic (exact) mass is 492 g/mol. The molecule has 0 fully saturated rings. The SMILES string of the molecule is C=CCN(CC(=O)N(Cc1ccc(F)cc1)Cc1sccc1C)C(=O)c1ccc(C(C)(C)C)cc1. The third-order valence-corrected chi connectivity index (χ3v) is 6.91. The average Bonchev–Trinajstić information content (AvgIpc) is 3.23. The van der Waals surface area contributed by atoms with Gasteiger partial charge in [0, 0.05) is 23.5 Å². The Balaban J connectivity index is 1.81. The van der Waals surface area contributed by atoms with E-state index in [0.29, 0.717) is 18.7 Å². The van der Waals surface area contributed by atoms with Crippen LogP contribution in [-0.2, 0) is 23.3 Å². The quantitative estimate of drug-likeness (QED) is 0.327. The fourth-order valence-corrected chi connectivity index (χ4v) is 4.64. The molecule has 184 valence electrons. The maximum atomic E-state index is 13.5. The largest absolute Gasteiger partial charge is 0.332 e. The summed E-state index contributed by atoms with van der Waals surface area (Å²) in [4.78, 5) is 31.1.